The van der Waals surface area contributed by atoms with E-state index in [1.165, 1.54) is 6.92 Å². The van der Waals surface area contributed by atoms with Gasteiger partial charge >= 0.3 is 0 Å². The molecule has 1 amide bonds. The van der Waals surface area contributed by atoms with E-state index in [0.717, 1.165) is 18.9 Å². The average Bonchev–Trinajstić information content (AvgIpc) is 2.63. The Bertz CT molecular complexity index is 737. The summed E-state index contributed by atoms with van der Waals surface area (Å²) in [5.74, 6) is 0.549. The van der Waals surface area contributed by atoms with Crippen LogP contribution < -0.4 is 10.2 Å². The molecule has 1 fully saturated rings. The zero-order chi connectivity index (χ0) is 16.9. The Kier molecular flexibility index (Phi) is 4.86. The van der Waals surface area contributed by atoms with Crippen LogP contribution >= 0.6 is 0 Å². The van der Waals surface area contributed by atoms with Crippen molar-refractivity contribution in [1.82, 2.24) is 4.98 Å². The fraction of sp³-hybridized carbons (Fsp3) is 0.278. The lowest BCUT2D eigenvalue weighted by Gasteiger charge is -2.27. The largest absolute Gasteiger partial charge is 0.378 e. The number of amides is 1. The number of aromatic nitrogens is 1. The summed E-state index contributed by atoms with van der Waals surface area (Å²) in [7, 11) is 0. The van der Waals surface area contributed by atoms with Gasteiger partial charge in [0.1, 0.15) is 5.82 Å². The van der Waals surface area contributed by atoms with Crippen molar-refractivity contribution in [1.29, 1.82) is 0 Å². The monoisotopic (exact) mass is 325 g/mol. The number of nitrogens with zero attached hydrogens (tertiary/aromatic N) is 2. The third kappa shape index (κ3) is 3.78. The molecule has 24 heavy (non-hydrogen) atoms. The summed E-state index contributed by atoms with van der Waals surface area (Å²) in [6.07, 6.45) is 1.56. The average molecular weight is 325 g/mol. The summed E-state index contributed by atoms with van der Waals surface area (Å²) < 4.78 is 5.32. The summed E-state index contributed by atoms with van der Waals surface area (Å²) >= 11 is 0. The molecule has 124 valence electrons. The van der Waals surface area contributed by atoms with Gasteiger partial charge in [-0.05, 0) is 31.2 Å². The highest BCUT2D eigenvalue weighted by molar-refractivity contribution is 6.05. The second kappa shape index (κ2) is 7.23. The van der Waals surface area contributed by atoms with Crippen molar-refractivity contribution in [3.05, 3.63) is 53.7 Å². The van der Waals surface area contributed by atoms with Crippen molar-refractivity contribution >= 4 is 23.2 Å². The summed E-state index contributed by atoms with van der Waals surface area (Å²) in [6.45, 7) is 4.48. The smallest absolute Gasteiger partial charge is 0.257 e. The van der Waals surface area contributed by atoms with Gasteiger partial charge in [0.15, 0.2) is 5.78 Å². The minimum atomic E-state index is -0.253. The number of anilines is 2. The molecule has 6 nitrogen and oxygen atoms in total. The number of hydrogen-bond donors (Lipinski definition) is 1. The second-order valence-corrected chi connectivity index (χ2v) is 5.60. The predicted molar refractivity (Wildman–Crippen MR) is 91.7 cm³/mol. The molecule has 0 atom stereocenters. The molecule has 1 aliphatic rings. The molecule has 2 heterocycles. The van der Waals surface area contributed by atoms with Crippen LogP contribution in [0.15, 0.2) is 42.6 Å². The zero-order valence-corrected chi connectivity index (χ0v) is 13.5. The number of morpholine rings is 1. The predicted octanol–water partition coefficient (Wildman–Crippen LogP) is 2.37. The standard InChI is InChI=1S/C18H19N3O3/c1-13(22)14-3-2-4-16(11-14)20-18(23)15-5-6-17(19-12-15)21-7-9-24-10-8-21/h2-6,11-12H,7-10H2,1H3,(H,20,23). The Balaban J connectivity index is 1.68. The minimum absolute atomic E-state index is 0.0392. The molecule has 1 aromatic carbocycles. The van der Waals surface area contributed by atoms with Crippen LogP contribution in [0.5, 0.6) is 0 Å². The second-order valence-electron chi connectivity index (χ2n) is 5.60. The van der Waals surface area contributed by atoms with Crippen molar-refractivity contribution in [2.24, 2.45) is 0 Å². The normalized spacial score (nSPS) is 14.3. The van der Waals surface area contributed by atoms with Crippen molar-refractivity contribution in [2.75, 3.05) is 36.5 Å². The van der Waals surface area contributed by atoms with E-state index in [2.05, 4.69) is 15.2 Å². The van der Waals surface area contributed by atoms with Crippen LogP contribution in [0.1, 0.15) is 27.6 Å². The van der Waals surface area contributed by atoms with E-state index in [9.17, 15) is 9.59 Å². The van der Waals surface area contributed by atoms with Gasteiger partial charge in [0, 0.05) is 30.5 Å². The summed E-state index contributed by atoms with van der Waals surface area (Å²) in [4.78, 5) is 30.2. The number of ether oxygens (including phenoxy) is 1. The molecule has 1 aliphatic heterocycles. The Hall–Kier alpha value is -2.73. The first-order valence-corrected chi connectivity index (χ1v) is 7.84. The van der Waals surface area contributed by atoms with Gasteiger partial charge in [-0.15, -0.1) is 0 Å². The number of Topliss-reactive ketones (excluding diaryl/α,β-unsaturated/α-hetero) is 1. The molecule has 3 rings (SSSR count). The lowest BCUT2D eigenvalue weighted by Crippen LogP contribution is -2.36. The van der Waals surface area contributed by atoms with E-state index in [-0.39, 0.29) is 11.7 Å². The molecule has 0 spiro atoms. The first-order valence-electron chi connectivity index (χ1n) is 7.84. The first-order chi connectivity index (χ1) is 11.6. The highest BCUT2D eigenvalue weighted by Gasteiger charge is 2.13. The lowest BCUT2D eigenvalue weighted by atomic mass is 10.1. The van der Waals surface area contributed by atoms with E-state index in [4.69, 9.17) is 4.74 Å². The zero-order valence-electron chi connectivity index (χ0n) is 13.5. The van der Waals surface area contributed by atoms with Crippen LogP contribution in [0.25, 0.3) is 0 Å². The summed E-state index contributed by atoms with van der Waals surface area (Å²) in [5.41, 5.74) is 1.62. The van der Waals surface area contributed by atoms with E-state index in [1.54, 1.807) is 36.5 Å². The number of benzene rings is 1. The van der Waals surface area contributed by atoms with Gasteiger partial charge in [0.25, 0.3) is 5.91 Å². The van der Waals surface area contributed by atoms with Gasteiger partial charge in [0.05, 0.1) is 18.8 Å². The van der Waals surface area contributed by atoms with Crippen LogP contribution in [-0.2, 0) is 4.74 Å². The summed E-state index contributed by atoms with van der Waals surface area (Å²) in [5, 5.41) is 2.79. The molecular weight excluding hydrogens is 306 g/mol. The maximum absolute atomic E-state index is 12.3. The van der Waals surface area contributed by atoms with Crippen molar-refractivity contribution in [2.45, 2.75) is 6.92 Å². The topological polar surface area (TPSA) is 71.5 Å². The number of hydrogen-bond acceptors (Lipinski definition) is 5. The number of ketones is 1. The van der Waals surface area contributed by atoms with Gasteiger partial charge < -0.3 is 15.0 Å². The molecule has 0 aliphatic carbocycles. The molecule has 1 N–H and O–H groups in total. The maximum atomic E-state index is 12.3. The maximum Gasteiger partial charge on any atom is 0.257 e. The Morgan fingerprint density at radius 1 is 1.12 bits per heavy atom. The molecule has 0 radical (unpaired) electrons. The van der Waals surface area contributed by atoms with E-state index < -0.39 is 0 Å². The minimum Gasteiger partial charge on any atom is -0.378 e. The Labute approximate surface area is 140 Å². The van der Waals surface area contributed by atoms with Gasteiger partial charge in [-0.2, -0.15) is 0 Å². The Morgan fingerprint density at radius 2 is 1.92 bits per heavy atom. The van der Waals surface area contributed by atoms with E-state index in [0.29, 0.717) is 30.0 Å². The molecular formula is C18H19N3O3. The highest BCUT2D eigenvalue weighted by Crippen LogP contribution is 2.15. The van der Waals surface area contributed by atoms with Crippen LogP contribution in [0.2, 0.25) is 0 Å². The number of carbonyl (C=O) groups excluding carboxylic acids is 2. The van der Waals surface area contributed by atoms with Crippen LogP contribution in [0.3, 0.4) is 0 Å². The first kappa shape index (κ1) is 16.1. The van der Waals surface area contributed by atoms with E-state index in [1.807, 2.05) is 6.07 Å². The van der Waals surface area contributed by atoms with Crippen LogP contribution in [-0.4, -0.2) is 43.0 Å². The molecule has 2 aromatic rings. The number of pyridine rings is 1. The molecule has 1 saturated heterocycles. The number of carbonyl (C=O) groups is 2. The third-order valence-corrected chi connectivity index (χ3v) is 3.87. The molecule has 6 heteroatoms. The van der Waals surface area contributed by atoms with Gasteiger partial charge in [0.2, 0.25) is 0 Å². The lowest BCUT2D eigenvalue weighted by molar-refractivity contribution is 0.101. The highest BCUT2D eigenvalue weighted by atomic mass is 16.5. The SMILES string of the molecule is CC(=O)c1cccc(NC(=O)c2ccc(N3CCOCC3)nc2)c1. The quantitative estimate of drug-likeness (QED) is 0.874. The number of nitrogens with one attached hydrogen (secondary N) is 1. The summed E-state index contributed by atoms with van der Waals surface area (Å²) in [6, 6.07) is 10.5. The fourth-order valence-electron chi connectivity index (χ4n) is 2.52. The third-order valence-electron chi connectivity index (χ3n) is 3.87. The molecule has 0 saturated carbocycles. The van der Waals surface area contributed by atoms with Crippen molar-refractivity contribution in [3.8, 4) is 0 Å². The van der Waals surface area contributed by atoms with Gasteiger partial charge in [-0.1, -0.05) is 12.1 Å². The molecule has 0 unspecified atom stereocenters. The van der Waals surface area contributed by atoms with Crippen LogP contribution in [0, 0.1) is 0 Å². The van der Waals surface area contributed by atoms with Crippen molar-refractivity contribution < 1.29 is 14.3 Å². The van der Waals surface area contributed by atoms with E-state index >= 15 is 0 Å². The van der Waals surface area contributed by atoms with Gasteiger partial charge in [-0.25, -0.2) is 4.98 Å². The molecule has 0 bridgehead atoms. The Morgan fingerprint density at radius 3 is 2.58 bits per heavy atom. The fourth-order valence-corrected chi connectivity index (χ4v) is 2.52. The van der Waals surface area contributed by atoms with Crippen molar-refractivity contribution in [3.63, 3.8) is 0 Å². The van der Waals surface area contributed by atoms with Gasteiger partial charge in [-0.3, -0.25) is 9.59 Å². The molecule has 1 aromatic heterocycles. The number of rotatable bonds is 4. The van der Waals surface area contributed by atoms with Crippen LogP contribution in [0.4, 0.5) is 11.5 Å².